The number of furan rings is 1. The van der Waals surface area contributed by atoms with Crippen molar-refractivity contribution in [2.45, 2.75) is 31.0 Å². The molecular formula is C10H18N2O4S. The lowest BCUT2D eigenvalue weighted by molar-refractivity contribution is 0.162. The zero-order valence-corrected chi connectivity index (χ0v) is 10.8. The van der Waals surface area contributed by atoms with Gasteiger partial charge in [-0.2, -0.15) is 0 Å². The molecule has 3 N–H and O–H groups in total. The van der Waals surface area contributed by atoms with Crippen LogP contribution in [-0.4, -0.2) is 28.2 Å². The molecule has 0 spiro atoms. The van der Waals surface area contributed by atoms with E-state index < -0.39 is 10.0 Å². The van der Waals surface area contributed by atoms with E-state index >= 15 is 0 Å². The Morgan fingerprint density at radius 3 is 2.71 bits per heavy atom. The molecule has 0 bridgehead atoms. The molecule has 0 aliphatic carbocycles. The third-order valence-corrected chi connectivity index (χ3v) is 3.12. The first kappa shape index (κ1) is 14.2. The second kappa shape index (κ2) is 6.15. The predicted octanol–water partition coefficient (Wildman–Crippen LogP) is 0.442. The molecule has 1 rings (SSSR count). The van der Waals surface area contributed by atoms with Crippen molar-refractivity contribution >= 4 is 10.0 Å². The minimum atomic E-state index is -3.76. The number of methoxy groups -OCH3 is 1. The number of ether oxygens (including phenoxy) is 1. The summed E-state index contributed by atoms with van der Waals surface area (Å²) in [7, 11) is -2.12. The molecule has 0 amide bonds. The van der Waals surface area contributed by atoms with E-state index in [0.29, 0.717) is 18.9 Å². The second-order valence-electron chi connectivity index (χ2n) is 3.71. The van der Waals surface area contributed by atoms with Crippen LogP contribution < -0.4 is 10.5 Å². The summed E-state index contributed by atoms with van der Waals surface area (Å²) in [5, 5.41) is 7.92. The third-order valence-electron chi connectivity index (χ3n) is 2.34. The summed E-state index contributed by atoms with van der Waals surface area (Å²) in [6.45, 7) is 3.07. The highest BCUT2D eigenvalue weighted by Gasteiger charge is 2.13. The van der Waals surface area contributed by atoms with E-state index in [4.69, 9.17) is 14.3 Å². The lowest BCUT2D eigenvalue weighted by atomic mass is 10.2. The van der Waals surface area contributed by atoms with Crippen molar-refractivity contribution in [1.29, 1.82) is 0 Å². The maximum Gasteiger partial charge on any atom is 0.271 e. The summed E-state index contributed by atoms with van der Waals surface area (Å²) in [6.07, 6.45) is 0.913. The van der Waals surface area contributed by atoms with Gasteiger partial charge in [-0.1, -0.05) is 6.92 Å². The van der Waals surface area contributed by atoms with E-state index in [2.05, 4.69) is 5.32 Å². The summed E-state index contributed by atoms with van der Waals surface area (Å²) in [5.41, 5.74) is 0. The molecule has 0 radical (unpaired) electrons. The number of primary sulfonamides is 1. The first-order valence-electron chi connectivity index (χ1n) is 5.31. The average Bonchev–Trinajstić information content (AvgIpc) is 2.72. The van der Waals surface area contributed by atoms with Gasteiger partial charge in [-0.3, -0.25) is 0 Å². The van der Waals surface area contributed by atoms with Gasteiger partial charge in [-0.05, 0) is 18.6 Å². The molecule has 1 aromatic heterocycles. The molecule has 98 valence electrons. The van der Waals surface area contributed by atoms with Gasteiger partial charge < -0.3 is 14.5 Å². The Labute approximate surface area is 101 Å². The maximum absolute atomic E-state index is 11.0. The quantitative estimate of drug-likeness (QED) is 0.743. The number of nitrogens with two attached hydrogens (primary N) is 1. The van der Waals surface area contributed by atoms with Crippen LogP contribution in [0.3, 0.4) is 0 Å². The summed E-state index contributed by atoms with van der Waals surface area (Å²) in [5.74, 6) is 0.531. The van der Waals surface area contributed by atoms with Gasteiger partial charge in [0, 0.05) is 13.2 Å². The molecule has 7 heteroatoms. The van der Waals surface area contributed by atoms with Crippen LogP contribution in [0.15, 0.2) is 21.6 Å². The fraction of sp³-hybridized carbons (Fsp3) is 0.600. The predicted molar refractivity (Wildman–Crippen MR) is 62.9 cm³/mol. The Morgan fingerprint density at radius 1 is 1.53 bits per heavy atom. The number of hydrogen-bond acceptors (Lipinski definition) is 5. The summed E-state index contributed by atoms with van der Waals surface area (Å²) >= 11 is 0. The standard InChI is InChI=1S/C10H18N2O4S/c1-3-8(7-15-2)12-6-9-4-5-10(16-9)17(11,13)14/h4-5,8,12H,3,6-7H2,1-2H3,(H2,11,13,14). The van der Waals surface area contributed by atoms with Crippen LogP contribution in [-0.2, 0) is 21.3 Å². The highest BCUT2D eigenvalue weighted by atomic mass is 32.2. The second-order valence-corrected chi connectivity index (χ2v) is 5.20. The fourth-order valence-electron chi connectivity index (χ4n) is 1.37. The largest absolute Gasteiger partial charge is 0.447 e. The lowest BCUT2D eigenvalue weighted by Crippen LogP contribution is -2.31. The van der Waals surface area contributed by atoms with E-state index in [1.807, 2.05) is 6.92 Å². The molecule has 1 heterocycles. The molecule has 1 atom stereocenters. The SMILES string of the molecule is CCC(COC)NCc1ccc(S(N)(=O)=O)o1. The van der Waals surface area contributed by atoms with Gasteiger partial charge in [-0.15, -0.1) is 0 Å². The smallest absolute Gasteiger partial charge is 0.271 e. The van der Waals surface area contributed by atoms with Crippen LogP contribution in [0.25, 0.3) is 0 Å². The number of hydrogen-bond donors (Lipinski definition) is 2. The zero-order chi connectivity index (χ0) is 12.9. The summed E-state index contributed by atoms with van der Waals surface area (Å²) in [6, 6.07) is 3.15. The number of sulfonamides is 1. The van der Waals surface area contributed by atoms with Gasteiger partial charge in [0.2, 0.25) is 5.09 Å². The molecule has 0 saturated heterocycles. The molecular weight excluding hydrogens is 244 g/mol. The van der Waals surface area contributed by atoms with Crippen molar-refractivity contribution in [3.63, 3.8) is 0 Å². The molecule has 0 saturated carbocycles. The van der Waals surface area contributed by atoms with Crippen molar-refractivity contribution < 1.29 is 17.6 Å². The van der Waals surface area contributed by atoms with Crippen molar-refractivity contribution in [2.75, 3.05) is 13.7 Å². The van der Waals surface area contributed by atoms with Crippen molar-refractivity contribution in [1.82, 2.24) is 5.32 Å². The van der Waals surface area contributed by atoms with Crippen LogP contribution in [0.1, 0.15) is 19.1 Å². The van der Waals surface area contributed by atoms with Crippen LogP contribution in [0.5, 0.6) is 0 Å². The van der Waals surface area contributed by atoms with E-state index in [1.54, 1.807) is 13.2 Å². The van der Waals surface area contributed by atoms with Gasteiger partial charge in [0.1, 0.15) is 5.76 Å². The van der Waals surface area contributed by atoms with Crippen molar-refractivity contribution in [3.05, 3.63) is 17.9 Å². The van der Waals surface area contributed by atoms with E-state index in [9.17, 15) is 8.42 Å². The topological polar surface area (TPSA) is 94.6 Å². The van der Waals surface area contributed by atoms with Gasteiger partial charge in [0.05, 0.1) is 13.2 Å². The Hall–Kier alpha value is -0.890. The normalized spacial score (nSPS) is 13.8. The Kier molecular flexibility index (Phi) is 5.13. The molecule has 0 aliphatic rings. The molecule has 0 aromatic carbocycles. The molecule has 17 heavy (non-hydrogen) atoms. The van der Waals surface area contributed by atoms with Crippen molar-refractivity contribution in [2.24, 2.45) is 5.14 Å². The van der Waals surface area contributed by atoms with Crippen LogP contribution >= 0.6 is 0 Å². The highest BCUT2D eigenvalue weighted by molar-refractivity contribution is 7.89. The van der Waals surface area contributed by atoms with Gasteiger partial charge in [-0.25, -0.2) is 13.6 Å². The molecule has 6 nitrogen and oxygen atoms in total. The fourth-order valence-corrected chi connectivity index (χ4v) is 1.85. The molecule has 1 unspecified atom stereocenters. The Balaban J connectivity index is 2.55. The summed E-state index contributed by atoms with van der Waals surface area (Å²) < 4.78 is 32.1. The van der Waals surface area contributed by atoms with Crippen molar-refractivity contribution in [3.8, 4) is 0 Å². The van der Waals surface area contributed by atoms with Gasteiger partial charge >= 0.3 is 0 Å². The molecule has 0 aliphatic heterocycles. The summed E-state index contributed by atoms with van der Waals surface area (Å²) in [4.78, 5) is 0. The van der Waals surface area contributed by atoms with Gasteiger partial charge in [0.25, 0.3) is 10.0 Å². The van der Waals surface area contributed by atoms with Crippen LogP contribution in [0, 0.1) is 0 Å². The number of nitrogens with one attached hydrogen (secondary N) is 1. The minimum Gasteiger partial charge on any atom is -0.447 e. The first-order chi connectivity index (χ1) is 7.97. The minimum absolute atomic E-state index is 0.211. The van der Waals surface area contributed by atoms with E-state index in [0.717, 1.165) is 6.42 Å². The van der Waals surface area contributed by atoms with E-state index in [-0.39, 0.29) is 11.1 Å². The first-order valence-corrected chi connectivity index (χ1v) is 6.85. The Bertz CT molecular complexity index is 441. The Morgan fingerprint density at radius 2 is 2.24 bits per heavy atom. The molecule has 0 fully saturated rings. The van der Waals surface area contributed by atoms with Gasteiger partial charge in [0.15, 0.2) is 0 Å². The van der Waals surface area contributed by atoms with Crippen LogP contribution in [0.4, 0.5) is 0 Å². The lowest BCUT2D eigenvalue weighted by Gasteiger charge is -2.14. The van der Waals surface area contributed by atoms with Crippen LogP contribution in [0.2, 0.25) is 0 Å². The van der Waals surface area contributed by atoms with E-state index in [1.165, 1.54) is 6.07 Å². The highest BCUT2D eigenvalue weighted by Crippen LogP contribution is 2.12. The monoisotopic (exact) mass is 262 g/mol. The number of rotatable bonds is 7. The zero-order valence-electron chi connectivity index (χ0n) is 9.97. The molecule has 1 aromatic rings. The third kappa shape index (κ3) is 4.47. The average molecular weight is 262 g/mol. The maximum atomic E-state index is 11.0.